The number of rotatable bonds is 2. The van der Waals surface area contributed by atoms with E-state index in [9.17, 15) is 16.8 Å². The Morgan fingerprint density at radius 1 is 1.14 bits per heavy atom. The van der Waals surface area contributed by atoms with Crippen molar-refractivity contribution >= 4 is 32.1 Å². The highest BCUT2D eigenvalue weighted by atomic mass is 32.3. The van der Waals surface area contributed by atoms with Crippen molar-refractivity contribution in [1.82, 2.24) is 4.98 Å². The SMILES string of the molecule is O=S(=O)(O)OS(=O)(=O)O.c1cscn1. The van der Waals surface area contributed by atoms with Gasteiger partial charge in [-0.15, -0.1) is 15.0 Å². The second-order valence-electron chi connectivity index (χ2n) is 1.60. The average molecular weight is 263 g/mol. The summed E-state index contributed by atoms with van der Waals surface area (Å²) in [7, 11) is -10.2. The maximum atomic E-state index is 9.44. The van der Waals surface area contributed by atoms with Crippen LogP contribution in [0.4, 0.5) is 0 Å². The van der Waals surface area contributed by atoms with Gasteiger partial charge in [0, 0.05) is 11.6 Å². The number of aromatic nitrogens is 1. The van der Waals surface area contributed by atoms with Gasteiger partial charge < -0.3 is 0 Å². The minimum absolute atomic E-state index is 1.60. The monoisotopic (exact) mass is 263 g/mol. The fourth-order valence-corrected chi connectivity index (χ4v) is 1.50. The van der Waals surface area contributed by atoms with E-state index in [0.717, 1.165) is 0 Å². The summed E-state index contributed by atoms with van der Waals surface area (Å²) in [5, 5.41) is 1.93. The molecular formula is C3H5NO7S3. The highest BCUT2D eigenvalue weighted by molar-refractivity contribution is 7.94. The van der Waals surface area contributed by atoms with Gasteiger partial charge in [-0.3, -0.25) is 14.1 Å². The molecule has 1 aromatic rings. The lowest BCUT2D eigenvalue weighted by molar-refractivity contribution is 0.344. The number of thiazole rings is 1. The lowest BCUT2D eigenvalue weighted by atomic mass is 11.0. The Morgan fingerprint density at radius 2 is 1.64 bits per heavy atom. The molecule has 0 bridgehead atoms. The molecule has 0 atom stereocenters. The fraction of sp³-hybridized carbons (Fsp3) is 0. The molecule has 0 aromatic carbocycles. The van der Waals surface area contributed by atoms with Crippen LogP contribution >= 0.6 is 11.3 Å². The van der Waals surface area contributed by atoms with E-state index in [1.165, 1.54) is 0 Å². The van der Waals surface area contributed by atoms with Crippen molar-refractivity contribution in [2.45, 2.75) is 0 Å². The molecule has 11 heteroatoms. The van der Waals surface area contributed by atoms with E-state index in [1.807, 2.05) is 5.38 Å². The molecule has 0 spiro atoms. The molecule has 8 nitrogen and oxygen atoms in total. The second-order valence-corrected chi connectivity index (χ2v) is 4.61. The van der Waals surface area contributed by atoms with Gasteiger partial charge in [0.15, 0.2) is 0 Å². The fourth-order valence-electron chi connectivity index (χ4n) is 0.284. The predicted molar refractivity (Wildman–Crippen MR) is 46.3 cm³/mol. The summed E-state index contributed by atoms with van der Waals surface area (Å²) in [5.74, 6) is 0. The second kappa shape index (κ2) is 5.33. The summed E-state index contributed by atoms with van der Waals surface area (Å²) in [6.07, 6.45) is 1.77. The highest BCUT2D eigenvalue weighted by Gasteiger charge is 2.15. The van der Waals surface area contributed by atoms with Crippen LogP contribution in [0.5, 0.6) is 0 Å². The first-order valence-corrected chi connectivity index (χ1v) is 6.36. The summed E-state index contributed by atoms with van der Waals surface area (Å²) >= 11 is 1.60. The van der Waals surface area contributed by atoms with Crippen LogP contribution in [-0.2, 0) is 24.4 Å². The largest absolute Gasteiger partial charge is 0.413 e. The first kappa shape index (κ1) is 13.4. The van der Waals surface area contributed by atoms with Crippen LogP contribution in [0.25, 0.3) is 0 Å². The van der Waals surface area contributed by atoms with Gasteiger partial charge in [0.1, 0.15) is 0 Å². The molecule has 1 rings (SSSR count). The molecule has 0 aliphatic heterocycles. The van der Waals surface area contributed by atoms with Gasteiger partial charge in [-0.2, -0.15) is 16.8 Å². The minimum Gasteiger partial charge on any atom is -0.263 e. The lowest BCUT2D eigenvalue weighted by Gasteiger charge is -1.89. The topological polar surface area (TPSA) is 131 Å². The van der Waals surface area contributed by atoms with Crippen molar-refractivity contribution in [2.24, 2.45) is 0 Å². The molecule has 0 unspecified atom stereocenters. The average Bonchev–Trinajstić information content (AvgIpc) is 2.29. The van der Waals surface area contributed by atoms with Gasteiger partial charge >= 0.3 is 20.8 Å². The summed E-state index contributed by atoms with van der Waals surface area (Å²) in [6.45, 7) is 0. The van der Waals surface area contributed by atoms with Gasteiger partial charge in [-0.05, 0) is 0 Å². The molecule has 82 valence electrons. The summed E-state index contributed by atoms with van der Waals surface area (Å²) < 4.78 is 55.6. The zero-order chi connectivity index (χ0) is 11.2. The molecule has 0 radical (unpaired) electrons. The lowest BCUT2D eigenvalue weighted by Crippen LogP contribution is -2.10. The number of hydrogen-bond donors (Lipinski definition) is 2. The molecule has 0 amide bonds. The third-order valence-electron chi connectivity index (χ3n) is 0.519. The maximum Gasteiger partial charge on any atom is 0.413 e. The summed E-state index contributed by atoms with van der Waals surface area (Å²) in [6, 6.07) is 0. The van der Waals surface area contributed by atoms with Crippen molar-refractivity contribution in [3.63, 3.8) is 0 Å². The van der Waals surface area contributed by atoms with E-state index < -0.39 is 20.8 Å². The Labute approximate surface area is 84.1 Å². The first-order chi connectivity index (χ1) is 6.21. The van der Waals surface area contributed by atoms with Crippen LogP contribution in [0.15, 0.2) is 17.1 Å². The van der Waals surface area contributed by atoms with Crippen molar-refractivity contribution in [1.29, 1.82) is 0 Å². The van der Waals surface area contributed by atoms with Gasteiger partial charge in [0.25, 0.3) is 0 Å². The Balaban J connectivity index is 0.000000280. The first-order valence-electron chi connectivity index (χ1n) is 2.69. The third-order valence-corrected chi connectivity index (χ3v) is 2.42. The molecule has 14 heavy (non-hydrogen) atoms. The van der Waals surface area contributed by atoms with Crippen molar-refractivity contribution in [2.75, 3.05) is 0 Å². The van der Waals surface area contributed by atoms with E-state index in [-0.39, 0.29) is 0 Å². The van der Waals surface area contributed by atoms with Crippen molar-refractivity contribution < 1.29 is 29.6 Å². The van der Waals surface area contributed by atoms with E-state index in [1.54, 1.807) is 23.0 Å². The molecule has 0 aliphatic carbocycles. The van der Waals surface area contributed by atoms with Gasteiger partial charge in [0.05, 0.1) is 5.51 Å². The van der Waals surface area contributed by atoms with Crippen molar-refractivity contribution in [3.05, 3.63) is 17.1 Å². The zero-order valence-electron chi connectivity index (χ0n) is 6.34. The quantitative estimate of drug-likeness (QED) is 0.698. The number of hydrogen-bond acceptors (Lipinski definition) is 7. The zero-order valence-corrected chi connectivity index (χ0v) is 8.79. The predicted octanol–water partition coefficient (Wildman–Crippen LogP) is -0.248. The van der Waals surface area contributed by atoms with E-state index in [2.05, 4.69) is 8.61 Å². The van der Waals surface area contributed by atoms with Crippen molar-refractivity contribution in [3.8, 4) is 0 Å². The van der Waals surface area contributed by atoms with E-state index in [4.69, 9.17) is 9.11 Å². The van der Waals surface area contributed by atoms with Crippen LogP contribution in [0.3, 0.4) is 0 Å². The van der Waals surface area contributed by atoms with Crippen LogP contribution in [-0.4, -0.2) is 30.9 Å². The molecular weight excluding hydrogens is 258 g/mol. The molecule has 2 N–H and O–H groups in total. The molecule has 1 heterocycles. The smallest absolute Gasteiger partial charge is 0.263 e. The summed E-state index contributed by atoms with van der Waals surface area (Å²) in [4.78, 5) is 3.74. The van der Waals surface area contributed by atoms with Gasteiger partial charge in [-0.25, -0.2) is 0 Å². The molecule has 0 fully saturated rings. The minimum atomic E-state index is -5.12. The highest BCUT2D eigenvalue weighted by Crippen LogP contribution is 1.91. The Bertz CT molecular complexity index is 383. The Hall–Kier alpha value is -0.590. The Kier molecular flexibility index (Phi) is 5.11. The molecule has 0 saturated heterocycles. The summed E-state index contributed by atoms with van der Waals surface area (Å²) in [5.41, 5.74) is 1.79. The molecule has 0 saturated carbocycles. The molecule has 1 aromatic heterocycles. The van der Waals surface area contributed by atoms with Crippen LogP contribution in [0, 0.1) is 0 Å². The van der Waals surface area contributed by atoms with Gasteiger partial charge in [-0.1, -0.05) is 0 Å². The molecule has 0 aliphatic rings. The normalized spacial score (nSPS) is 11.6. The Morgan fingerprint density at radius 3 is 1.71 bits per heavy atom. The van der Waals surface area contributed by atoms with Crippen LogP contribution in [0.2, 0.25) is 0 Å². The third kappa shape index (κ3) is 11.4. The standard InChI is InChI=1S/C3H3NS.H2O7S2/c1-2-5-3-4-1;1-8(2,3)7-9(4,5)6/h1-3H;(H,1,2,3)(H,4,5,6). The number of nitrogens with zero attached hydrogens (tertiary/aromatic N) is 1. The van der Waals surface area contributed by atoms with Crippen LogP contribution < -0.4 is 0 Å². The maximum absolute atomic E-state index is 9.44. The van der Waals surface area contributed by atoms with Crippen LogP contribution in [0.1, 0.15) is 0 Å². The van der Waals surface area contributed by atoms with Gasteiger partial charge in [0.2, 0.25) is 0 Å². The van der Waals surface area contributed by atoms with E-state index >= 15 is 0 Å². The van der Waals surface area contributed by atoms with E-state index in [0.29, 0.717) is 0 Å².